The van der Waals surface area contributed by atoms with Gasteiger partial charge in [-0.3, -0.25) is 9.48 Å². The average Bonchev–Trinajstić information content (AvgIpc) is 3.45. The highest BCUT2D eigenvalue weighted by Gasteiger charge is 2.38. The van der Waals surface area contributed by atoms with Gasteiger partial charge in [-0.25, -0.2) is 0 Å². The molecule has 1 amide bonds. The van der Waals surface area contributed by atoms with Crippen LogP contribution in [0.5, 0.6) is 0 Å². The highest BCUT2D eigenvalue weighted by Crippen LogP contribution is 2.38. The van der Waals surface area contributed by atoms with Crippen molar-refractivity contribution in [1.82, 2.24) is 19.6 Å². The highest BCUT2D eigenvalue weighted by atomic mass is 32.2. The summed E-state index contributed by atoms with van der Waals surface area (Å²) in [5.41, 5.74) is -1.91. The molecule has 14 heteroatoms. The van der Waals surface area contributed by atoms with E-state index in [0.717, 1.165) is 12.6 Å². The molecule has 0 N–H and O–H groups in total. The molecule has 2 aromatic carbocycles. The van der Waals surface area contributed by atoms with Crippen LogP contribution in [0, 0.1) is 0 Å². The fourth-order valence-corrected chi connectivity index (χ4v) is 5.68. The van der Waals surface area contributed by atoms with Crippen molar-refractivity contribution >= 4 is 39.8 Å². The van der Waals surface area contributed by atoms with Crippen LogP contribution in [-0.2, 0) is 28.4 Å². The SMILES string of the molecule is CN(C)CC1CN(C2=NC(=O)/C(=C/c3ccc4c(cnn4Cc4ccc(C(F)(F)F)cc4C(F)(F)F)c3)S2)CCO1. The molecule has 3 heterocycles. The maximum atomic E-state index is 13.6. The lowest BCUT2D eigenvalue weighted by molar-refractivity contribution is -0.143. The van der Waals surface area contributed by atoms with E-state index in [2.05, 4.69) is 10.1 Å². The summed E-state index contributed by atoms with van der Waals surface area (Å²) in [6.45, 7) is 2.13. The van der Waals surface area contributed by atoms with Crippen LogP contribution in [-0.4, -0.2) is 77.1 Å². The number of amidine groups is 1. The second-order valence-corrected chi connectivity index (χ2v) is 11.0. The summed E-state index contributed by atoms with van der Waals surface area (Å²) >= 11 is 1.27. The first-order valence-electron chi connectivity index (χ1n) is 12.5. The van der Waals surface area contributed by atoms with Crippen molar-refractivity contribution in [3.8, 4) is 0 Å². The summed E-state index contributed by atoms with van der Waals surface area (Å²) in [5, 5.41) is 5.37. The molecule has 0 saturated carbocycles. The molecule has 1 unspecified atom stereocenters. The number of halogens is 6. The van der Waals surface area contributed by atoms with Crippen molar-refractivity contribution in [1.29, 1.82) is 0 Å². The third-order valence-electron chi connectivity index (χ3n) is 6.61. The Morgan fingerprint density at radius 2 is 1.88 bits per heavy atom. The molecule has 5 rings (SSSR count). The summed E-state index contributed by atoms with van der Waals surface area (Å²) in [5.74, 6) is -0.363. The Labute approximate surface area is 235 Å². The third-order valence-corrected chi connectivity index (χ3v) is 7.66. The Morgan fingerprint density at radius 3 is 2.59 bits per heavy atom. The van der Waals surface area contributed by atoms with Gasteiger partial charge in [-0.2, -0.15) is 36.4 Å². The summed E-state index contributed by atoms with van der Waals surface area (Å²) in [7, 11) is 3.92. The Balaban J connectivity index is 1.33. The van der Waals surface area contributed by atoms with Crippen molar-refractivity contribution in [2.45, 2.75) is 25.0 Å². The van der Waals surface area contributed by atoms with E-state index < -0.39 is 23.5 Å². The molecule has 0 bridgehead atoms. The molecule has 3 aromatic rings. The molecular weight excluding hydrogens is 572 g/mol. The standard InChI is InChI=1S/C27H25F6N5O2S/c1-36(2)14-20-15-37(7-8-40-20)25-35-24(39)23(41-25)10-16-3-6-22-18(9-16)12-34-38(22)13-17-4-5-19(26(28,29)30)11-21(17)27(31,32)33/h3-6,9-12,20H,7-8,13-15H2,1-2H3/b23-10-. The number of nitrogens with zero attached hydrogens (tertiary/aromatic N) is 5. The van der Waals surface area contributed by atoms with E-state index in [1.54, 1.807) is 24.3 Å². The Hall–Kier alpha value is -3.36. The van der Waals surface area contributed by atoms with Gasteiger partial charge >= 0.3 is 12.4 Å². The molecule has 1 atom stereocenters. The van der Waals surface area contributed by atoms with Gasteiger partial charge in [0.1, 0.15) is 0 Å². The number of ether oxygens (including phenoxy) is 1. The van der Waals surface area contributed by atoms with Crippen LogP contribution >= 0.6 is 11.8 Å². The van der Waals surface area contributed by atoms with Gasteiger partial charge in [-0.05, 0) is 67.3 Å². The number of fused-ring (bicyclic) bond motifs is 1. The predicted octanol–water partition coefficient (Wildman–Crippen LogP) is 5.35. The molecule has 2 aliphatic rings. The summed E-state index contributed by atoms with van der Waals surface area (Å²) in [6.07, 6.45) is -6.73. The minimum absolute atomic E-state index is 0.00101. The maximum absolute atomic E-state index is 13.6. The molecule has 0 radical (unpaired) electrons. The molecule has 7 nitrogen and oxygen atoms in total. The molecular formula is C27H25F6N5O2S. The molecule has 1 aromatic heterocycles. The predicted molar refractivity (Wildman–Crippen MR) is 143 cm³/mol. The highest BCUT2D eigenvalue weighted by molar-refractivity contribution is 8.18. The van der Waals surface area contributed by atoms with Crippen molar-refractivity contribution in [2.75, 3.05) is 40.3 Å². The van der Waals surface area contributed by atoms with Crippen LogP contribution in [0.2, 0.25) is 0 Å². The number of thioether (sulfide) groups is 1. The lowest BCUT2D eigenvalue weighted by atomic mass is 10.0. The number of carbonyl (C=O) groups is 1. The zero-order chi connectivity index (χ0) is 29.5. The number of benzene rings is 2. The summed E-state index contributed by atoms with van der Waals surface area (Å²) in [6, 6.07) is 6.65. The van der Waals surface area contributed by atoms with Gasteiger partial charge in [0.05, 0.1) is 47.0 Å². The quantitative estimate of drug-likeness (QED) is 0.292. The number of hydrogen-bond donors (Lipinski definition) is 0. The maximum Gasteiger partial charge on any atom is 0.416 e. The topological polar surface area (TPSA) is 63.0 Å². The van der Waals surface area contributed by atoms with E-state index in [9.17, 15) is 31.1 Å². The molecule has 41 heavy (non-hydrogen) atoms. The molecule has 218 valence electrons. The number of rotatable bonds is 5. The normalized spacial score (nSPS) is 19.6. The van der Waals surface area contributed by atoms with E-state index in [-0.39, 0.29) is 30.2 Å². The second-order valence-electron chi connectivity index (χ2n) is 10.00. The summed E-state index contributed by atoms with van der Waals surface area (Å²) < 4.78 is 87.0. The van der Waals surface area contributed by atoms with Gasteiger partial charge in [0.25, 0.3) is 5.91 Å². The van der Waals surface area contributed by atoms with Gasteiger partial charge in [0, 0.05) is 25.0 Å². The fourth-order valence-electron chi connectivity index (χ4n) is 4.73. The van der Waals surface area contributed by atoms with E-state index in [4.69, 9.17) is 4.74 Å². The monoisotopic (exact) mass is 597 g/mol. The first kappa shape index (κ1) is 29.1. The van der Waals surface area contributed by atoms with Gasteiger partial charge in [0.2, 0.25) is 0 Å². The number of morpholine rings is 1. The Bertz CT molecular complexity index is 1530. The minimum atomic E-state index is -4.97. The van der Waals surface area contributed by atoms with Crippen molar-refractivity contribution in [3.05, 3.63) is 69.8 Å². The third kappa shape index (κ3) is 6.60. The lowest BCUT2D eigenvalue weighted by Gasteiger charge is -2.34. The molecule has 1 saturated heterocycles. The van der Waals surface area contributed by atoms with E-state index in [1.807, 2.05) is 23.9 Å². The molecule has 1 fully saturated rings. The van der Waals surface area contributed by atoms with Gasteiger partial charge < -0.3 is 14.5 Å². The van der Waals surface area contributed by atoms with Crippen LogP contribution in [0.25, 0.3) is 17.0 Å². The molecule has 0 spiro atoms. The van der Waals surface area contributed by atoms with Gasteiger partial charge in [0.15, 0.2) is 5.17 Å². The molecule has 0 aliphatic carbocycles. The van der Waals surface area contributed by atoms with Crippen LogP contribution < -0.4 is 0 Å². The van der Waals surface area contributed by atoms with Gasteiger partial charge in [-0.15, -0.1) is 0 Å². The molecule has 2 aliphatic heterocycles. The number of aliphatic imine (C=N–C) groups is 1. The minimum Gasteiger partial charge on any atom is -0.373 e. The number of alkyl halides is 6. The summed E-state index contributed by atoms with van der Waals surface area (Å²) in [4.78, 5) is 21.4. The van der Waals surface area contributed by atoms with Crippen LogP contribution in [0.3, 0.4) is 0 Å². The first-order valence-corrected chi connectivity index (χ1v) is 13.4. The second kappa shape index (κ2) is 11.1. The van der Waals surface area contributed by atoms with Crippen LogP contribution in [0.15, 0.2) is 52.5 Å². The zero-order valence-corrected chi connectivity index (χ0v) is 22.8. The van der Waals surface area contributed by atoms with Crippen LogP contribution in [0.1, 0.15) is 22.3 Å². The Morgan fingerprint density at radius 1 is 1.10 bits per heavy atom. The van der Waals surface area contributed by atoms with Crippen molar-refractivity contribution < 1.29 is 35.9 Å². The van der Waals surface area contributed by atoms with E-state index in [0.29, 0.717) is 52.3 Å². The number of aromatic nitrogens is 2. The number of likely N-dealkylation sites (N-methyl/N-ethyl adjacent to an activating group) is 1. The number of hydrogen-bond acceptors (Lipinski definition) is 6. The number of carbonyl (C=O) groups excluding carboxylic acids is 1. The first-order chi connectivity index (χ1) is 19.3. The lowest BCUT2D eigenvalue weighted by Crippen LogP contribution is -2.47. The van der Waals surface area contributed by atoms with Crippen molar-refractivity contribution in [2.24, 2.45) is 4.99 Å². The van der Waals surface area contributed by atoms with Crippen LogP contribution in [0.4, 0.5) is 26.3 Å². The Kier molecular flexibility index (Phi) is 7.92. The largest absolute Gasteiger partial charge is 0.416 e. The smallest absolute Gasteiger partial charge is 0.373 e. The van der Waals surface area contributed by atoms with Crippen molar-refractivity contribution in [3.63, 3.8) is 0 Å². The number of amides is 1. The fraction of sp³-hybridized carbons (Fsp3) is 0.370. The van der Waals surface area contributed by atoms with E-state index >= 15 is 0 Å². The van der Waals surface area contributed by atoms with Gasteiger partial charge in [-0.1, -0.05) is 12.1 Å². The zero-order valence-electron chi connectivity index (χ0n) is 22.0. The van der Waals surface area contributed by atoms with E-state index in [1.165, 1.54) is 22.6 Å². The average molecular weight is 598 g/mol.